The molecule has 1 aromatic carbocycles. The maximum absolute atomic E-state index is 4.43. The highest BCUT2D eigenvalue weighted by molar-refractivity contribution is 14.0. The van der Waals surface area contributed by atoms with Crippen molar-refractivity contribution in [2.24, 2.45) is 12.0 Å². The Labute approximate surface area is 155 Å². The Morgan fingerprint density at radius 3 is 2.43 bits per heavy atom. The molecule has 23 heavy (non-hydrogen) atoms. The first-order valence-electron chi connectivity index (χ1n) is 7.59. The molecule has 1 heterocycles. The second-order valence-electron chi connectivity index (χ2n) is 5.36. The monoisotopic (exact) mass is 427 g/mol. The molecule has 0 saturated carbocycles. The first-order valence-corrected chi connectivity index (χ1v) is 7.59. The average molecular weight is 427 g/mol. The molecule has 0 saturated heterocycles. The van der Waals surface area contributed by atoms with Gasteiger partial charge in [0.1, 0.15) is 0 Å². The lowest BCUT2D eigenvalue weighted by Gasteiger charge is -2.12. The van der Waals surface area contributed by atoms with Crippen LogP contribution in [-0.2, 0) is 20.0 Å². The maximum Gasteiger partial charge on any atom is 0.191 e. The molecule has 0 radical (unpaired) electrons. The predicted octanol–water partition coefficient (Wildman–Crippen LogP) is 2.56. The molecule has 5 nitrogen and oxygen atoms in total. The number of rotatable bonds is 5. The van der Waals surface area contributed by atoms with Gasteiger partial charge in [-0.2, -0.15) is 5.10 Å². The number of aliphatic imine (C=N–C) groups is 1. The van der Waals surface area contributed by atoms with E-state index in [1.807, 2.05) is 24.7 Å². The first-order chi connectivity index (χ1) is 10.6. The van der Waals surface area contributed by atoms with Crippen LogP contribution in [0.5, 0.6) is 0 Å². The molecule has 0 atom stereocenters. The van der Waals surface area contributed by atoms with Crippen LogP contribution in [0.15, 0.2) is 35.3 Å². The van der Waals surface area contributed by atoms with Crippen molar-refractivity contribution in [3.05, 3.63) is 52.8 Å². The smallest absolute Gasteiger partial charge is 0.191 e. The van der Waals surface area contributed by atoms with Crippen LogP contribution in [0, 0.1) is 13.8 Å². The number of hydrogen-bond donors (Lipinski definition) is 2. The summed E-state index contributed by atoms with van der Waals surface area (Å²) in [6.07, 6.45) is 0.979. The number of hydrogen-bond acceptors (Lipinski definition) is 2. The van der Waals surface area contributed by atoms with E-state index in [1.165, 1.54) is 16.8 Å². The van der Waals surface area contributed by atoms with E-state index in [9.17, 15) is 0 Å². The van der Waals surface area contributed by atoms with E-state index in [2.05, 4.69) is 51.9 Å². The third-order valence-corrected chi connectivity index (χ3v) is 3.86. The van der Waals surface area contributed by atoms with Crippen molar-refractivity contribution in [2.75, 3.05) is 13.6 Å². The summed E-state index contributed by atoms with van der Waals surface area (Å²) in [4.78, 5) is 4.27. The summed E-state index contributed by atoms with van der Waals surface area (Å²) in [6.45, 7) is 5.71. The van der Waals surface area contributed by atoms with Crippen LogP contribution in [-0.4, -0.2) is 29.3 Å². The molecule has 0 amide bonds. The Bertz CT molecular complexity index is 634. The Morgan fingerprint density at radius 2 is 1.87 bits per heavy atom. The van der Waals surface area contributed by atoms with Crippen LogP contribution >= 0.6 is 24.0 Å². The van der Waals surface area contributed by atoms with Gasteiger partial charge in [-0.15, -0.1) is 24.0 Å². The van der Waals surface area contributed by atoms with Gasteiger partial charge in [0, 0.05) is 38.4 Å². The zero-order valence-corrected chi connectivity index (χ0v) is 16.6. The summed E-state index contributed by atoms with van der Waals surface area (Å²) in [5.74, 6) is 0.818. The lowest BCUT2D eigenvalue weighted by molar-refractivity contribution is 0.728. The first kappa shape index (κ1) is 19.5. The molecule has 0 unspecified atom stereocenters. The largest absolute Gasteiger partial charge is 0.356 e. The van der Waals surface area contributed by atoms with E-state index < -0.39 is 0 Å². The minimum absolute atomic E-state index is 0. The maximum atomic E-state index is 4.43. The molecule has 0 fully saturated rings. The molecule has 0 aliphatic rings. The van der Waals surface area contributed by atoms with Crippen molar-refractivity contribution in [1.82, 2.24) is 20.4 Å². The third kappa shape index (κ3) is 5.53. The molecule has 2 N–H and O–H groups in total. The molecule has 1 aromatic heterocycles. The third-order valence-electron chi connectivity index (χ3n) is 3.86. The molecule has 0 aliphatic heterocycles. The number of aryl methyl sites for hydroxylation is 2. The summed E-state index contributed by atoms with van der Waals surface area (Å²) >= 11 is 0. The van der Waals surface area contributed by atoms with Crippen LogP contribution in [0.25, 0.3) is 0 Å². The molecule has 6 heteroatoms. The lowest BCUT2D eigenvalue weighted by atomic mass is 10.1. The molecule has 2 rings (SSSR count). The summed E-state index contributed by atoms with van der Waals surface area (Å²) in [5.41, 5.74) is 4.80. The van der Waals surface area contributed by atoms with Crippen molar-refractivity contribution in [2.45, 2.75) is 26.8 Å². The molecule has 0 bridgehead atoms. The Hall–Kier alpha value is -1.57. The summed E-state index contributed by atoms with van der Waals surface area (Å²) in [6, 6.07) is 10.4. The molecule has 2 aromatic rings. The zero-order chi connectivity index (χ0) is 15.9. The fourth-order valence-corrected chi connectivity index (χ4v) is 2.44. The molecular weight excluding hydrogens is 401 g/mol. The summed E-state index contributed by atoms with van der Waals surface area (Å²) < 4.78 is 1.91. The minimum Gasteiger partial charge on any atom is -0.356 e. The molecule has 0 aliphatic carbocycles. The lowest BCUT2D eigenvalue weighted by Crippen LogP contribution is -2.38. The van der Waals surface area contributed by atoms with E-state index in [0.29, 0.717) is 0 Å². The predicted molar refractivity (Wildman–Crippen MR) is 106 cm³/mol. The van der Waals surface area contributed by atoms with Crippen LogP contribution < -0.4 is 10.6 Å². The van der Waals surface area contributed by atoms with Crippen molar-refractivity contribution >= 4 is 29.9 Å². The Morgan fingerprint density at radius 1 is 1.17 bits per heavy atom. The highest BCUT2D eigenvalue weighted by Gasteiger charge is 2.09. The van der Waals surface area contributed by atoms with E-state index in [-0.39, 0.29) is 24.0 Å². The van der Waals surface area contributed by atoms with E-state index in [4.69, 9.17) is 0 Å². The molecule has 126 valence electrons. The normalized spacial score (nSPS) is 11.0. The number of aromatic nitrogens is 2. The minimum atomic E-state index is 0. The highest BCUT2D eigenvalue weighted by Crippen LogP contribution is 2.10. The van der Waals surface area contributed by atoms with Gasteiger partial charge in [0.2, 0.25) is 0 Å². The SMILES string of the molecule is CN=C(NCCc1ccccc1)NCc1c(C)nn(C)c1C.I. The number of halogens is 1. The quantitative estimate of drug-likeness (QED) is 0.438. The number of nitrogens with one attached hydrogen (secondary N) is 2. The van der Waals surface area contributed by atoms with Crippen LogP contribution in [0.3, 0.4) is 0 Å². The van der Waals surface area contributed by atoms with Crippen LogP contribution in [0.1, 0.15) is 22.5 Å². The summed E-state index contributed by atoms with van der Waals surface area (Å²) in [7, 11) is 3.76. The second-order valence-corrected chi connectivity index (χ2v) is 5.36. The number of nitrogens with zero attached hydrogens (tertiary/aromatic N) is 3. The van der Waals surface area contributed by atoms with Crippen molar-refractivity contribution < 1.29 is 0 Å². The highest BCUT2D eigenvalue weighted by atomic mass is 127. The van der Waals surface area contributed by atoms with Gasteiger partial charge in [-0.1, -0.05) is 30.3 Å². The fourth-order valence-electron chi connectivity index (χ4n) is 2.44. The fraction of sp³-hybridized carbons (Fsp3) is 0.412. The summed E-state index contributed by atoms with van der Waals surface area (Å²) in [5, 5.41) is 11.1. The van der Waals surface area contributed by atoms with Gasteiger partial charge in [-0.05, 0) is 25.8 Å². The van der Waals surface area contributed by atoms with Gasteiger partial charge in [-0.25, -0.2) is 0 Å². The van der Waals surface area contributed by atoms with Gasteiger partial charge >= 0.3 is 0 Å². The van der Waals surface area contributed by atoms with Crippen molar-refractivity contribution in [3.8, 4) is 0 Å². The van der Waals surface area contributed by atoms with Gasteiger partial charge < -0.3 is 10.6 Å². The Balaban J connectivity index is 0.00000264. The van der Waals surface area contributed by atoms with Gasteiger partial charge in [0.05, 0.1) is 5.69 Å². The zero-order valence-electron chi connectivity index (χ0n) is 14.3. The average Bonchev–Trinajstić information content (AvgIpc) is 2.77. The topological polar surface area (TPSA) is 54.2 Å². The van der Waals surface area contributed by atoms with E-state index in [0.717, 1.165) is 31.2 Å². The second kappa shape index (κ2) is 9.54. The molecular formula is C17H26IN5. The Kier molecular flexibility index (Phi) is 8.08. The van der Waals surface area contributed by atoms with Crippen LogP contribution in [0.4, 0.5) is 0 Å². The molecule has 0 spiro atoms. The van der Waals surface area contributed by atoms with Crippen molar-refractivity contribution in [1.29, 1.82) is 0 Å². The van der Waals surface area contributed by atoms with Gasteiger partial charge in [-0.3, -0.25) is 9.67 Å². The van der Waals surface area contributed by atoms with Gasteiger partial charge in [0.25, 0.3) is 0 Å². The standard InChI is InChI=1S/C17H25N5.HI/c1-13-16(14(2)22(4)21-13)12-20-17(18-3)19-11-10-15-8-6-5-7-9-15;/h5-9H,10-12H2,1-4H3,(H2,18,19,20);1H. The van der Waals surface area contributed by atoms with E-state index >= 15 is 0 Å². The van der Waals surface area contributed by atoms with Crippen LogP contribution in [0.2, 0.25) is 0 Å². The van der Waals surface area contributed by atoms with Crippen molar-refractivity contribution in [3.63, 3.8) is 0 Å². The number of benzene rings is 1. The van der Waals surface area contributed by atoms with E-state index in [1.54, 1.807) is 7.05 Å². The van der Waals surface area contributed by atoms with Gasteiger partial charge in [0.15, 0.2) is 5.96 Å². The number of guanidine groups is 1.